The Kier molecular flexibility index (Phi) is 5.45. The first-order chi connectivity index (χ1) is 6.09. The predicted octanol–water partition coefficient (Wildman–Crippen LogP) is -3.02. The average Bonchev–Trinajstić information content (AvgIpc) is 2.03. The second-order valence-electron chi connectivity index (χ2n) is 2.41. The molecule has 0 saturated heterocycles. The molecule has 5 heteroatoms. The van der Waals surface area contributed by atoms with Gasteiger partial charge in [0.15, 0.2) is 0 Å². The van der Waals surface area contributed by atoms with E-state index < -0.39 is 11.9 Å². The summed E-state index contributed by atoms with van der Waals surface area (Å²) in [6.07, 6.45) is 0. The van der Waals surface area contributed by atoms with E-state index in [9.17, 15) is 14.7 Å². The minimum absolute atomic E-state index is 0. The van der Waals surface area contributed by atoms with Crippen LogP contribution in [0.3, 0.4) is 0 Å². The van der Waals surface area contributed by atoms with Gasteiger partial charge in [-0.1, -0.05) is 12.1 Å². The van der Waals surface area contributed by atoms with Crippen LogP contribution < -0.4 is 39.4 Å². The number of carbonyl (C=O) groups is 2. The number of carboxylic acids is 1. The molecule has 0 bridgehead atoms. The summed E-state index contributed by atoms with van der Waals surface area (Å²) >= 11 is 0. The van der Waals surface area contributed by atoms with Crippen LogP contribution in [-0.4, -0.2) is 11.9 Å². The average molecular weight is 202 g/mol. The standard InChI is InChI=1S/C9H8O4.Na/c1-6(10)13-8-4-2-3-7(5-8)9(11)12;/h2-5H,1H3,(H,11,12);/q;+1/p-1. The molecule has 0 aliphatic rings. The largest absolute Gasteiger partial charge is 1.00 e. The van der Waals surface area contributed by atoms with E-state index in [1.165, 1.54) is 31.2 Å². The molecule has 0 fully saturated rings. The summed E-state index contributed by atoms with van der Waals surface area (Å²) in [7, 11) is 0. The summed E-state index contributed by atoms with van der Waals surface area (Å²) in [4.78, 5) is 20.9. The Morgan fingerprint density at radius 1 is 1.36 bits per heavy atom. The zero-order valence-corrected chi connectivity index (χ0v) is 9.94. The van der Waals surface area contributed by atoms with Crippen LogP contribution in [0.25, 0.3) is 0 Å². The summed E-state index contributed by atoms with van der Waals surface area (Å²) in [6.45, 7) is 1.24. The molecule has 0 aliphatic carbocycles. The van der Waals surface area contributed by atoms with E-state index in [2.05, 4.69) is 4.74 Å². The quantitative estimate of drug-likeness (QED) is 0.291. The van der Waals surface area contributed by atoms with E-state index in [1.807, 2.05) is 0 Å². The van der Waals surface area contributed by atoms with E-state index >= 15 is 0 Å². The molecular formula is C9H7NaO4. The Morgan fingerprint density at radius 2 is 2.00 bits per heavy atom. The minimum atomic E-state index is -1.30. The van der Waals surface area contributed by atoms with Crippen molar-refractivity contribution in [2.45, 2.75) is 6.92 Å². The molecular weight excluding hydrogens is 195 g/mol. The zero-order chi connectivity index (χ0) is 9.84. The molecule has 0 amide bonds. The van der Waals surface area contributed by atoms with Gasteiger partial charge in [-0.25, -0.2) is 0 Å². The van der Waals surface area contributed by atoms with Crippen LogP contribution in [0, 0.1) is 0 Å². The summed E-state index contributed by atoms with van der Waals surface area (Å²) in [5, 5.41) is 10.4. The van der Waals surface area contributed by atoms with Gasteiger partial charge in [-0.15, -0.1) is 0 Å². The van der Waals surface area contributed by atoms with Crippen molar-refractivity contribution in [3.63, 3.8) is 0 Å². The fraction of sp³-hybridized carbons (Fsp3) is 0.111. The first-order valence-corrected chi connectivity index (χ1v) is 3.59. The second-order valence-corrected chi connectivity index (χ2v) is 2.41. The smallest absolute Gasteiger partial charge is 0.545 e. The monoisotopic (exact) mass is 202 g/mol. The Morgan fingerprint density at radius 3 is 2.50 bits per heavy atom. The van der Waals surface area contributed by atoms with Gasteiger partial charge in [0.1, 0.15) is 5.75 Å². The van der Waals surface area contributed by atoms with Gasteiger partial charge in [0.2, 0.25) is 0 Å². The first kappa shape index (κ1) is 13.2. The fourth-order valence-corrected chi connectivity index (χ4v) is 0.853. The fourth-order valence-electron chi connectivity index (χ4n) is 0.853. The Balaban J connectivity index is 0.00000169. The molecule has 0 aromatic heterocycles. The molecule has 14 heavy (non-hydrogen) atoms. The van der Waals surface area contributed by atoms with Gasteiger partial charge < -0.3 is 14.6 Å². The summed E-state index contributed by atoms with van der Waals surface area (Å²) < 4.78 is 4.68. The maximum Gasteiger partial charge on any atom is 1.00 e. The maximum atomic E-state index is 10.5. The third-order valence-electron chi connectivity index (χ3n) is 1.33. The van der Waals surface area contributed by atoms with Crippen LogP contribution in [-0.2, 0) is 4.79 Å². The first-order valence-electron chi connectivity index (χ1n) is 3.59. The maximum absolute atomic E-state index is 10.5. The van der Waals surface area contributed by atoms with Crippen molar-refractivity contribution in [3.8, 4) is 5.75 Å². The van der Waals surface area contributed by atoms with Gasteiger partial charge in [-0.3, -0.25) is 4.79 Å². The summed E-state index contributed by atoms with van der Waals surface area (Å²) in [5.74, 6) is -1.58. The normalized spacial score (nSPS) is 8.64. The van der Waals surface area contributed by atoms with Gasteiger partial charge in [0.25, 0.3) is 0 Å². The molecule has 0 saturated carbocycles. The van der Waals surface area contributed by atoms with Crippen LogP contribution in [0.1, 0.15) is 17.3 Å². The number of carbonyl (C=O) groups excluding carboxylic acids is 2. The summed E-state index contributed by atoms with van der Waals surface area (Å²) in [5.41, 5.74) is -0.0150. The van der Waals surface area contributed by atoms with Crippen molar-refractivity contribution < 1.29 is 49.0 Å². The molecule has 68 valence electrons. The zero-order valence-electron chi connectivity index (χ0n) is 7.94. The van der Waals surface area contributed by atoms with Crippen molar-refractivity contribution >= 4 is 11.9 Å². The van der Waals surface area contributed by atoms with Gasteiger partial charge in [0, 0.05) is 12.5 Å². The number of rotatable bonds is 2. The third-order valence-corrected chi connectivity index (χ3v) is 1.33. The van der Waals surface area contributed by atoms with E-state index in [0.717, 1.165) is 0 Å². The second kappa shape index (κ2) is 5.80. The molecule has 0 N–H and O–H groups in total. The molecule has 1 rings (SSSR count). The number of esters is 1. The molecule has 1 aromatic carbocycles. The van der Waals surface area contributed by atoms with Crippen LogP contribution in [0.2, 0.25) is 0 Å². The van der Waals surface area contributed by atoms with Crippen LogP contribution >= 0.6 is 0 Å². The van der Waals surface area contributed by atoms with Crippen molar-refractivity contribution in [1.82, 2.24) is 0 Å². The molecule has 0 atom stereocenters. The minimum Gasteiger partial charge on any atom is -0.545 e. The Hall–Kier alpha value is -0.840. The van der Waals surface area contributed by atoms with Gasteiger partial charge in [-0.05, 0) is 12.1 Å². The van der Waals surface area contributed by atoms with E-state index in [4.69, 9.17) is 0 Å². The molecule has 0 radical (unpaired) electrons. The van der Waals surface area contributed by atoms with Gasteiger partial charge in [-0.2, -0.15) is 0 Å². The number of benzene rings is 1. The van der Waals surface area contributed by atoms with Gasteiger partial charge >= 0.3 is 35.5 Å². The van der Waals surface area contributed by atoms with Crippen LogP contribution in [0.5, 0.6) is 5.75 Å². The Bertz CT molecular complexity index is 348. The molecule has 4 nitrogen and oxygen atoms in total. The molecule has 0 spiro atoms. The van der Waals surface area contributed by atoms with E-state index in [1.54, 1.807) is 0 Å². The SMILES string of the molecule is CC(=O)Oc1cccc(C(=O)[O-])c1.[Na+]. The molecule has 1 aromatic rings. The van der Waals surface area contributed by atoms with Crippen LogP contribution in [0.4, 0.5) is 0 Å². The van der Waals surface area contributed by atoms with Gasteiger partial charge in [0.05, 0.1) is 5.97 Å². The van der Waals surface area contributed by atoms with Crippen molar-refractivity contribution in [3.05, 3.63) is 29.8 Å². The molecule has 0 unspecified atom stereocenters. The number of carboxylic acid groups (broad SMARTS) is 1. The summed E-state index contributed by atoms with van der Waals surface area (Å²) in [6, 6.07) is 5.57. The number of ether oxygens (including phenoxy) is 1. The number of hydrogen-bond acceptors (Lipinski definition) is 4. The number of hydrogen-bond donors (Lipinski definition) is 0. The van der Waals surface area contributed by atoms with Crippen LogP contribution in [0.15, 0.2) is 24.3 Å². The number of aromatic carboxylic acids is 1. The van der Waals surface area contributed by atoms with E-state index in [-0.39, 0.29) is 40.9 Å². The predicted molar refractivity (Wildman–Crippen MR) is 42.1 cm³/mol. The topological polar surface area (TPSA) is 66.4 Å². The molecule has 0 aliphatic heterocycles. The van der Waals surface area contributed by atoms with Crippen molar-refractivity contribution in [2.24, 2.45) is 0 Å². The van der Waals surface area contributed by atoms with E-state index in [0.29, 0.717) is 0 Å². The van der Waals surface area contributed by atoms with Crippen molar-refractivity contribution in [1.29, 1.82) is 0 Å². The third kappa shape index (κ3) is 3.91. The molecule has 0 heterocycles. The Labute approximate surface area is 103 Å². The van der Waals surface area contributed by atoms with Crippen molar-refractivity contribution in [2.75, 3.05) is 0 Å².